The van der Waals surface area contributed by atoms with Crippen molar-refractivity contribution in [3.63, 3.8) is 0 Å². The van der Waals surface area contributed by atoms with Gasteiger partial charge in [0, 0.05) is 23.5 Å². The Labute approximate surface area is 162 Å². The van der Waals surface area contributed by atoms with E-state index in [9.17, 15) is 4.79 Å². The fraction of sp³-hybridized carbons (Fsp3) is 0.632. The van der Waals surface area contributed by atoms with Crippen LogP contribution in [0.25, 0.3) is 10.8 Å². The summed E-state index contributed by atoms with van der Waals surface area (Å²) in [7, 11) is 0. The third-order valence-electron chi connectivity index (χ3n) is 5.93. The second kappa shape index (κ2) is 6.60. The van der Waals surface area contributed by atoms with E-state index in [1.165, 1.54) is 30.6 Å². The Balaban J connectivity index is 1.24. The molecule has 4 heterocycles. The molecule has 2 bridgehead atoms. The van der Waals surface area contributed by atoms with E-state index in [1.807, 2.05) is 11.4 Å². The molecule has 2 amide bonds. The summed E-state index contributed by atoms with van der Waals surface area (Å²) in [5.41, 5.74) is 0.874. The van der Waals surface area contributed by atoms with Gasteiger partial charge in [-0.05, 0) is 56.9 Å². The van der Waals surface area contributed by atoms with Crippen LogP contribution in [-0.4, -0.2) is 33.8 Å². The Morgan fingerprint density at radius 1 is 1.41 bits per heavy atom. The first kappa shape index (κ1) is 17.2. The van der Waals surface area contributed by atoms with Crippen LogP contribution in [0.2, 0.25) is 0 Å². The van der Waals surface area contributed by atoms with Gasteiger partial charge < -0.3 is 20.5 Å². The molecule has 1 saturated carbocycles. The van der Waals surface area contributed by atoms with Crippen molar-refractivity contribution in [3.8, 4) is 10.8 Å². The van der Waals surface area contributed by atoms with Gasteiger partial charge in [0.2, 0.25) is 0 Å². The highest BCUT2D eigenvalue weighted by molar-refractivity contribution is 7.14. The number of thiophene rings is 1. The summed E-state index contributed by atoms with van der Waals surface area (Å²) in [5.74, 6) is 1.72. The first-order chi connectivity index (χ1) is 13.1. The lowest BCUT2D eigenvalue weighted by molar-refractivity contribution is 0.132. The van der Waals surface area contributed by atoms with Crippen LogP contribution in [0.4, 0.5) is 10.5 Å². The molecule has 0 spiro atoms. The van der Waals surface area contributed by atoms with Crippen LogP contribution in [-0.2, 0) is 0 Å². The van der Waals surface area contributed by atoms with Gasteiger partial charge in [0.05, 0.1) is 5.69 Å². The SMILES string of the molecule is CC12CCCC(CC(NC(=O)Nc3ccsc3-c3nc(C4CC4)no3)C1)N2. The molecule has 3 fully saturated rings. The van der Waals surface area contributed by atoms with E-state index in [0.717, 1.165) is 42.1 Å². The highest BCUT2D eigenvalue weighted by Crippen LogP contribution is 2.40. The Morgan fingerprint density at radius 2 is 2.30 bits per heavy atom. The molecule has 3 aliphatic rings. The van der Waals surface area contributed by atoms with E-state index in [0.29, 0.717) is 17.9 Å². The molecule has 8 heteroatoms. The van der Waals surface area contributed by atoms with Gasteiger partial charge in [-0.25, -0.2) is 4.79 Å². The van der Waals surface area contributed by atoms with E-state index in [4.69, 9.17) is 4.52 Å². The van der Waals surface area contributed by atoms with Crippen LogP contribution in [0.1, 0.15) is 63.6 Å². The summed E-state index contributed by atoms with van der Waals surface area (Å²) in [6.45, 7) is 2.27. The molecule has 2 aromatic rings. The number of fused-ring (bicyclic) bond motifs is 2. The number of carbonyl (C=O) groups excluding carboxylic acids is 1. The number of anilines is 1. The predicted molar refractivity (Wildman–Crippen MR) is 104 cm³/mol. The van der Waals surface area contributed by atoms with Crippen molar-refractivity contribution in [2.24, 2.45) is 0 Å². The number of hydrogen-bond donors (Lipinski definition) is 3. The molecule has 5 rings (SSSR count). The monoisotopic (exact) mass is 387 g/mol. The third kappa shape index (κ3) is 3.60. The number of nitrogens with one attached hydrogen (secondary N) is 3. The zero-order valence-corrected chi connectivity index (χ0v) is 16.3. The third-order valence-corrected chi connectivity index (χ3v) is 6.83. The lowest BCUT2D eigenvalue weighted by atomic mass is 9.75. The van der Waals surface area contributed by atoms with Crippen molar-refractivity contribution < 1.29 is 9.32 Å². The first-order valence-electron chi connectivity index (χ1n) is 9.85. The minimum Gasteiger partial charge on any atom is -0.335 e. The van der Waals surface area contributed by atoms with Crippen LogP contribution in [0.5, 0.6) is 0 Å². The van der Waals surface area contributed by atoms with Crippen LogP contribution < -0.4 is 16.0 Å². The van der Waals surface area contributed by atoms with Gasteiger partial charge in [0.1, 0.15) is 4.88 Å². The molecule has 1 aliphatic carbocycles. The summed E-state index contributed by atoms with van der Waals surface area (Å²) in [6, 6.07) is 2.44. The normalized spacial score (nSPS) is 30.1. The van der Waals surface area contributed by atoms with Crippen LogP contribution >= 0.6 is 11.3 Å². The lowest BCUT2D eigenvalue weighted by Crippen LogP contribution is -2.61. The van der Waals surface area contributed by atoms with Crippen LogP contribution in [0.15, 0.2) is 16.0 Å². The number of urea groups is 1. The Hall–Kier alpha value is -1.93. The summed E-state index contributed by atoms with van der Waals surface area (Å²) in [5, 5.41) is 15.9. The number of carbonyl (C=O) groups is 1. The van der Waals surface area contributed by atoms with E-state index in [2.05, 4.69) is 33.0 Å². The van der Waals surface area contributed by atoms with Gasteiger partial charge >= 0.3 is 6.03 Å². The zero-order chi connectivity index (χ0) is 18.4. The molecule has 144 valence electrons. The molecule has 0 radical (unpaired) electrons. The minimum atomic E-state index is -0.162. The summed E-state index contributed by atoms with van der Waals surface area (Å²) in [6.07, 6.45) is 7.89. The Kier molecular flexibility index (Phi) is 4.20. The van der Waals surface area contributed by atoms with E-state index in [1.54, 1.807) is 0 Å². The quantitative estimate of drug-likeness (QED) is 0.741. The Morgan fingerprint density at radius 3 is 3.11 bits per heavy atom. The average molecular weight is 388 g/mol. The second-order valence-corrected chi connectivity index (χ2v) is 9.34. The average Bonchev–Trinajstić information content (AvgIpc) is 3.16. The fourth-order valence-electron chi connectivity index (χ4n) is 4.55. The molecule has 3 atom stereocenters. The molecule has 7 nitrogen and oxygen atoms in total. The van der Waals surface area contributed by atoms with E-state index < -0.39 is 0 Å². The number of nitrogens with zero attached hydrogens (tertiary/aromatic N) is 2. The summed E-state index contributed by atoms with van der Waals surface area (Å²) in [4.78, 5) is 17.9. The van der Waals surface area contributed by atoms with E-state index >= 15 is 0 Å². The molecule has 2 aromatic heterocycles. The Bertz CT molecular complexity index is 845. The zero-order valence-electron chi connectivity index (χ0n) is 15.5. The second-order valence-electron chi connectivity index (χ2n) is 8.42. The van der Waals surface area contributed by atoms with E-state index in [-0.39, 0.29) is 17.6 Å². The maximum atomic E-state index is 12.6. The standard InChI is InChI=1S/C19H25N5O2S/c1-19-7-2-3-12(23-19)9-13(10-19)20-18(25)21-14-6-8-27-15(14)17-22-16(24-26-17)11-4-5-11/h6,8,11-13,23H,2-5,7,9-10H2,1H3,(H2,20,21,25). The molecule has 2 saturated heterocycles. The fourth-order valence-corrected chi connectivity index (χ4v) is 5.32. The molecule has 27 heavy (non-hydrogen) atoms. The van der Waals surface area contributed by atoms with Crippen molar-refractivity contribution in [1.82, 2.24) is 20.8 Å². The van der Waals surface area contributed by atoms with Gasteiger partial charge in [-0.3, -0.25) is 0 Å². The van der Waals surface area contributed by atoms with Gasteiger partial charge in [0.15, 0.2) is 5.82 Å². The van der Waals surface area contributed by atoms with Crippen molar-refractivity contribution in [3.05, 3.63) is 17.3 Å². The van der Waals surface area contributed by atoms with Gasteiger partial charge in [0.25, 0.3) is 5.89 Å². The van der Waals surface area contributed by atoms with Crippen molar-refractivity contribution in [1.29, 1.82) is 0 Å². The number of amides is 2. The molecule has 3 N–H and O–H groups in total. The smallest absolute Gasteiger partial charge is 0.319 e. The van der Waals surface area contributed by atoms with Gasteiger partial charge in [-0.1, -0.05) is 11.6 Å². The van der Waals surface area contributed by atoms with Gasteiger partial charge in [-0.2, -0.15) is 4.98 Å². The van der Waals surface area contributed by atoms with Crippen molar-refractivity contribution in [2.45, 2.75) is 75.4 Å². The maximum Gasteiger partial charge on any atom is 0.319 e. The minimum absolute atomic E-state index is 0.148. The van der Waals surface area contributed by atoms with Crippen LogP contribution in [0.3, 0.4) is 0 Å². The largest absolute Gasteiger partial charge is 0.335 e. The van der Waals surface area contributed by atoms with Crippen molar-refractivity contribution in [2.75, 3.05) is 5.32 Å². The topological polar surface area (TPSA) is 92.1 Å². The molecule has 0 aromatic carbocycles. The number of rotatable bonds is 4. The number of piperidine rings is 2. The van der Waals surface area contributed by atoms with Crippen LogP contribution in [0, 0.1) is 0 Å². The predicted octanol–water partition coefficient (Wildman–Crippen LogP) is 3.86. The van der Waals surface area contributed by atoms with Gasteiger partial charge in [-0.15, -0.1) is 11.3 Å². The summed E-state index contributed by atoms with van der Waals surface area (Å²) < 4.78 is 5.42. The highest BCUT2D eigenvalue weighted by atomic mass is 32.1. The van der Waals surface area contributed by atoms with Crippen molar-refractivity contribution >= 4 is 23.1 Å². The first-order valence-corrected chi connectivity index (χ1v) is 10.7. The molecular weight excluding hydrogens is 362 g/mol. The lowest BCUT2D eigenvalue weighted by Gasteiger charge is -2.47. The summed E-state index contributed by atoms with van der Waals surface area (Å²) >= 11 is 1.50. The molecule has 2 aliphatic heterocycles. The highest BCUT2D eigenvalue weighted by Gasteiger charge is 2.39. The maximum absolute atomic E-state index is 12.6. The molecular formula is C19H25N5O2S. The number of aromatic nitrogens is 2. The number of hydrogen-bond acceptors (Lipinski definition) is 6. The molecule has 3 unspecified atom stereocenters.